The van der Waals surface area contributed by atoms with Crippen molar-refractivity contribution in [2.75, 3.05) is 26.2 Å². The Balaban J connectivity index is 1.81. The second-order valence-electron chi connectivity index (χ2n) is 6.07. The summed E-state index contributed by atoms with van der Waals surface area (Å²) in [5, 5.41) is 5.06. The summed E-state index contributed by atoms with van der Waals surface area (Å²) in [6.45, 7) is 8.32. The molecule has 1 aliphatic rings. The van der Waals surface area contributed by atoms with E-state index in [9.17, 15) is 8.42 Å². The molecule has 0 aromatic heterocycles. The monoisotopic (exact) mass is 312 g/mol. The molecular weight excluding hydrogens is 288 g/mol. The highest BCUT2D eigenvalue weighted by molar-refractivity contribution is 7.89. The van der Waals surface area contributed by atoms with E-state index in [1.54, 1.807) is 12.1 Å². The molecule has 0 unspecified atom stereocenters. The minimum atomic E-state index is -3.63. The highest BCUT2D eigenvalue weighted by atomic mass is 32.2. The Bertz CT molecular complexity index is 547. The third-order valence-electron chi connectivity index (χ3n) is 3.77. The zero-order valence-corrected chi connectivity index (χ0v) is 13.5. The van der Waals surface area contributed by atoms with Gasteiger partial charge in [0.25, 0.3) is 0 Å². The van der Waals surface area contributed by atoms with Crippen molar-refractivity contribution in [1.29, 1.82) is 0 Å². The molecule has 2 rings (SSSR count). The summed E-state index contributed by atoms with van der Waals surface area (Å²) in [5.74, 6) is 2.14. The number of piperidine rings is 1. The Morgan fingerprint density at radius 1 is 1.19 bits per heavy atom. The molecule has 5 nitrogen and oxygen atoms in total. The first kappa shape index (κ1) is 16.3. The van der Waals surface area contributed by atoms with Crippen LogP contribution in [0, 0.1) is 11.8 Å². The molecule has 21 heavy (non-hydrogen) atoms. The van der Waals surface area contributed by atoms with Crippen LogP contribution in [0.5, 0.6) is 5.75 Å². The summed E-state index contributed by atoms with van der Waals surface area (Å²) in [5.41, 5.74) is 0. The fourth-order valence-electron chi connectivity index (χ4n) is 2.99. The third-order valence-corrected chi connectivity index (χ3v) is 4.70. The lowest BCUT2D eigenvalue weighted by Gasteiger charge is -2.34. The average molecular weight is 312 g/mol. The number of rotatable bonds is 5. The lowest BCUT2D eigenvalue weighted by atomic mass is 9.92. The maximum absolute atomic E-state index is 11.2. The number of primary sulfonamides is 1. The van der Waals surface area contributed by atoms with E-state index in [-0.39, 0.29) is 4.90 Å². The smallest absolute Gasteiger partial charge is 0.238 e. The summed E-state index contributed by atoms with van der Waals surface area (Å²) in [7, 11) is -3.63. The molecule has 118 valence electrons. The Morgan fingerprint density at radius 3 is 2.29 bits per heavy atom. The molecule has 0 bridgehead atoms. The van der Waals surface area contributed by atoms with Crippen LogP contribution >= 0.6 is 0 Å². The van der Waals surface area contributed by atoms with Crippen LogP contribution < -0.4 is 9.88 Å². The molecule has 2 atom stereocenters. The van der Waals surface area contributed by atoms with Crippen molar-refractivity contribution in [3.8, 4) is 5.75 Å². The van der Waals surface area contributed by atoms with E-state index in [1.807, 2.05) is 0 Å². The Hall–Kier alpha value is -1.11. The molecule has 6 heteroatoms. The van der Waals surface area contributed by atoms with Gasteiger partial charge in [-0.15, -0.1) is 0 Å². The number of nitrogens with zero attached hydrogens (tertiary/aromatic N) is 1. The van der Waals surface area contributed by atoms with Gasteiger partial charge in [-0.3, -0.25) is 4.90 Å². The van der Waals surface area contributed by atoms with E-state index >= 15 is 0 Å². The van der Waals surface area contributed by atoms with Crippen molar-refractivity contribution in [3.63, 3.8) is 0 Å². The number of hydrogen-bond acceptors (Lipinski definition) is 4. The van der Waals surface area contributed by atoms with E-state index < -0.39 is 10.0 Å². The van der Waals surface area contributed by atoms with E-state index in [2.05, 4.69) is 18.7 Å². The molecule has 0 spiro atoms. The van der Waals surface area contributed by atoms with E-state index in [1.165, 1.54) is 18.6 Å². The maximum atomic E-state index is 11.2. The van der Waals surface area contributed by atoms with Crippen LogP contribution in [0.2, 0.25) is 0 Å². The van der Waals surface area contributed by atoms with Crippen molar-refractivity contribution in [1.82, 2.24) is 4.90 Å². The number of benzene rings is 1. The average Bonchev–Trinajstić information content (AvgIpc) is 2.37. The highest BCUT2D eigenvalue weighted by Gasteiger charge is 2.21. The zero-order chi connectivity index (χ0) is 15.5. The topological polar surface area (TPSA) is 72.6 Å². The number of hydrogen-bond donors (Lipinski definition) is 1. The largest absolute Gasteiger partial charge is 0.492 e. The minimum Gasteiger partial charge on any atom is -0.492 e. The number of sulfonamides is 1. The van der Waals surface area contributed by atoms with Crippen molar-refractivity contribution >= 4 is 10.0 Å². The number of likely N-dealkylation sites (tertiary alicyclic amines) is 1. The van der Waals surface area contributed by atoms with Gasteiger partial charge in [0.2, 0.25) is 10.0 Å². The maximum Gasteiger partial charge on any atom is 0.238 e. The van der Waals surface area contributed by atoms with E-state index in [0.29, 0.717) is 12.4 Å². The van der Waals surface area contributed by atoms with E-state index in [0.717, 1.165) is 31.5 Å². The number of nitrogens with two attached hydrogens (primary N) is 1. The van der Waals surface area contributed by atoms with Crippen molar-refractivity contribution in [3.05, 3.63) is 24.3 Å². The summed E-state index contributed by atoms with van der Waals surface area (Å²) in [6.07, 6.45) is 1.30. The van der Waals surface area contributed by atoms with Crippen molar-refractivity contribution in [2.24, 2.45) is 17.0 Å². The Labute approximate surface area is 127 Å². The van der Waals surface area contributed by atoms with Crippen LogP contribution in [-0.4, -0.2) is 39.6 Å². The second kappa shape index (κ2) is 6.77. The minimum absolute atomic E-state index is 0.105. The summed E-state index contributed by atoms with van der Waals surface area (Å²) in [6, 6.07) is 6.22. The van der Waals surface area contributed by atoms with Gasteiger partial charge in [-0.2, -0.15) is 0 Å². The molecule has 1 aliphatic heterocycles. The van der Waals surface area contributed by atoms with Gasteiger partial charge in [-0.05, 0) is 42.5 Å². The van der Waals surface area contributed by atoms with Crippen LogP contribution in [0.15, 0.2) is 29.2 Å². The van der Waals surface area contributed by atoms with Gasteiger partial charge in [-0.1, -0.05) is 13.8 Å². The molecule has 1 aromatic rings. The van der Waals surface area contributed by atoms with Crippen LogP contribution in [-0.2, 0) is 10.0 Å². The van der Waals surface area contributed by atoms with Gasteiger partial charge < -0.3 is 4.74 Å². The normalized spacial score (nSPS) is 24.0. The first-order valence-electron chi connectivity index (χ1n) is 7.32. The van der Waals surface area contributed by atoms with Gasteiger partial charge in [0.15, 0.2) is 0 Å². The lowest BCUT2D eigenvalue weighted by Crippen LogP contribution is -2.40. The molecule has 1 saturated heterocycles. The molecule has 0 saturated carbocycles. The molecule has 2 N–H and O–H groups in total. The van der Waals surface area contributed by atoms with Gasteiger partial charge in [0.1, 0.15) is 12.4 Å². The Morgan fingerprint density at radius 2 is 1.76 bits per heavy atom. The first-order valence-corrected chi connectivity index (χ1v) is 8.87. The predicted molar refractivity (Wildman–Crippen MR) is 82.7 cm³/mol. The van der Waals surface area contributed by atoms with Gasteiger partial charge in [0, 0.05) is 19.6 Å². The summed E-state index contributed by atoms with van der Waals surface area (Å²) >= 11 is 0. The number of ether oxygens (including phenoxy) is 1. The predicted octanol–water partition coefficient (Wildman–Crippen LogP) is 1.69. The fourth-order valence-corrected chi connectivity index (χ4v) is 3.51. The third kappa shape index (κ3) is 4.98. The quantitative estimate of drug-likeness (QED) is 0.898. The molecule has 0 aliphatic carbocycles. The standard InChI is InChI=1S/C15H24N2O3S/c1-12-9-13(2)11-17(10-12)7-8-20-14-3-5-15(6-4-14)21(16,18)19/h3-6,12-13H,7-11H2,1-2H3,(H2,16,18,19)/t12-,13+. The lowest BCUT2D eigenvalue weighted by molar-refractivity contribution is 0.120. The van der Waals surface area contributed by atoms with Crippen LogP contribution in [0.1, 0.15) is 20.3 Å². The van der Waals surface area contributed by atoms with Crippen LogP contribution in [0.3, 0.4) is 0 Å². The molecule has 0 amide bonds. The molecular formula is C15H24N2O3S. The van der Waals surface area contributed by atoms with Crippen molar-refractivity contribution < 1.29 is 13.2 Å². The van der Waals surface area contributed by atoms with Gasteiger partial charge in [0.05, 0.1) is 4.90 Å². The van der Waals surface area contributed by atoms with Gasteiger partial charge >= 0.3 is 0 Å². The fraction of sp³-hybridized carbons (Fsp3) is 0.600. The van der Waals surface area contributed by atoms with E-state index in [4.69, 9.17) is 9.88 Å². The molecule has 1 aromatic carbocycles. The van der Waals surface area contributed by atoms with Crippen molar-refractivity contribution in [2.45, 2.75) is 25.2 Å². The highest BCUT2D eigenvalue weighted by Crippen LogP contribution is 2.21. The van der Waals surface area contributed by atoms with Crippen LogP contribution in [0.4, 0.5) is 0 Å². The zero-order valence-electron chi connectivity index (χ0n) is 12.7. The molecule has 0 radical (unpaired) electrons. The second-order valence-corrected chi connectivity index (χ2v) is 7.63. The van der Waals surface area contributed by atoms with Crippen LogP contribution in [0.25, 0.3) is 0 Å². The summed E-state index contributed by atoms with van der Waals surface area (Å²) < 4.78 is 28.0. The molecule has 1 heterocycles. The van der Waals surface area contributed by atoms with Gasteiger partial charge in [-0.25, -0.2) is 13.6 Å². The molecule has 1 fully saturated rings. The SMILES string of the molecule is C[C@@H]1C[C@H](C)CN(CCOc2ccc(S(N)(=O)=O)cc2)C1. The first-order chi connectivity index (χ1) is 9.84. The summed E-state index contributed by atoms with van der Waals surface area (Å²) in [4.78, 5) is 2.53. The Kier molecular flexibility index (Phi) is 5.24.